The highest BCUT2D eigenvalue weighted by atomic mass is 32.2. The summed E-state index contributed by atoms with van der Waals surface area (Å²) in [4.78, 5) is 7.53. The smallest absolute Gasteiger partial charge is 0.189 e. The minimum atomic E-state index is 0.0213. The van der Waals surface area contributed by atoms with Crippen LogP contribution in [-0.4, -0.2) is 24.2 Å². The Kier molecular flexibility index (Phi) is 9.49. The summed E-state index contributed by atoms with van der Waals surface area (Å²) in [6.45, 7) is 10.0. The number of rotatable bonds is 5. The molecule has 0 radical (unpaired) electrons. The van der Waals surface area contributed by atoms with Crippen LogP contribution in [0.1, 0.15) is 29.7 Å². The first-order valence-corrected chi connectivity index (χ1v) is 12.0. The molecule has 6 nitrogen and oxygen atoms in total. The molecular formula is C24H31N5OS2. The third-order valence-corrected chi connectivity index (χ3v) is 6.54. The molecule has 0 bridgehead atoms. The van der Waals surface area contributed by atoms with Gasteiger partial charge in [0.1, 0.15) is 16.9 Å². The minimum Gasteiger partial charge on any atom is -0.508 e. The number of hydrogen-bond donors (Lipinski definition) is 4. The number of anilines is 4. The molecule has 0 saturated heterocycles. The van der Waals surface area contributed by atoms with Crippen LogP contribution in [0, 0.1) is 0 Å². The molecular weight excluding hydrogens is 438 g/mol. The van der Waals surface area contributed by atoms with Crippen molar-refractivity contribution in [3.05, 3.63) is 77.5 Å². The summed E-state index contributed by atoms with van der Waals surface area (Å²) in [6.07, 6.45) is 0. The van der Waals surface area contributed by atoms with Gasteiger partial charge in [-0.15, -0.1) is 24.9 Å². The van der Waals surface area contributed by atoms with Crippen LogP contribution < -0.4 is 21.3 Å². The van der Waals surface area contributed by atoms with E-state index < -0.39 is 0 Å². The number of phenols is 1. The summed E-state index contributed by atoms with van der Waals surface area (Å²) >= 11 is 3.21. The zero-order chi connectivity index (χ0) is 23.7. The molecule has 1 unspecified atom stereocenters. The van der Waals surface area contributed by atoms with Crippen molar-refractivity contribution in [1.82, 2.24) is 10.3 Å². The van der Waals surface area contributed by atoms with Crippen LogP contribution in [0.4, 0.5) is 22.3 Å². The summed E-state index contributed by atoms with van der Waals surface area (Å²) in [6, 6.07) is 15.3. The Morgan fingerprint density at radius 3 is 2.28 bits per heavy atom. The van der Waals surface area contributed by atoms with Gasteiger partial charge in [0.05, 0.1) is 4.88 Å². The Hall–Kier alpha value is -3.10. The van der Waals surface area contributed by atoms with Gasteiger partial charge in [-0.2, -0.15) is 0 Å². The maximum absolute atomic E-state index is 9.45. The molecule has 2 heterocycles. The second-order valence-electron chi connectivity index (χ2n) is 6.57. The van der Waals surface area contributed by atoms with Gasteiger partial charge < -0.3 is 26.4 Å². The zero-order valence-electron chi connectivity index (χ0n) is 18.9. The minimum absolute atomic E-state index is 0.0213. The summed E-state index contributed by atoms with van der Waals surface area (Å²) < 4.78 is 0. The predicted molar refractivity (Wildman–Crippen MR) is 143 cm³/mol. The first-order chi connectivity index (χ1) is 15.5. The average molecular weight is 470 g/mol. The largest absolute Gasteiger partial charge is 0.508 e. The first-order valence-electron chi connectivity index (χ1n) is 10.2. The van der Waals surface area contributed by atoms with Gasteiger partial charge >= 0.3 is 0 Å². The number of thioether (sulfide) groups is 1. The van der Waals surface area contributed by atoms with E-state index in [0.717, 1.165) is 32.6 Å². The van der Waals surface area contributed by atoms with Crippen molar-refractivity contribution in [3.8, 4) is 5.75 Å². The molecule has 0 saturated carbocycles. The van der Waals surface area contributed by atoms with Crippen LogP contribution in [0.25, 0.3) is 5.70 Å². The number of nitrogen functional groups attached to an aromatic ring is 1. The van der Waals surface area contributed by atoms with Crippen molar-refractivity contribution >= 4 is 51.1 Å². The number of nitrogens with two attached hydrogens (primary N) is 1. The Bertz CT molecular complexity index is 1010. The van der Waals surface area contributed by atoms with Gasteiger partial charge in [0.2, 0.25) is 0 Å². The lowest BCUT2D eigenvalue weighted by atomic mass is 10.1. The van der Waals surface area contributed by atoms with Crippen LogP contribution in [0.15, 0.2) is 67.1 Å². The van der Waals surface area contributed by atoms with Gasteiger partial charge in [0, 0.05) is 31.2 Å². The maximum Gasteiger partial charge on any atom is 0.189 e. The van der Waals surface area contributed by atoms with Crippen LogP contribution in [0.3, 0.4) is 0 Å². The number of hydrogen-bond acceptors (Lipinski definition) is 8. The van der Waals surface area contributed by atoms with Gasteiger partial charge in [-0.1, -0.05) is 25.2 Å². The highest BCUT2D eigenvalue weighted by Gasteiger charge is 2.24. The molecule has 1 atom stereocenters. The topological polar surface area (TPSA) is 86.4 Å². The molecule has 8 heteroatoms. The van der Waals surface area contributed by atoms with Crippen molar-refractivity contribution in [1.29, 1.82) is 0 Å². The number of thiazole rings is 1. The van der Waals surface area contributed by atoms with E-state index in [1.807, 2.05) is 52.2 Å². The standard InChI is InChI=1S/C20H21N5OS2.C2H6.C2H4/c1-25(2)14-7-5-13(6-8-14)22-20-24-18(21)17(28-20)19-23-16(11-27-19)12-3-9-15(26)10-4-12;2*1-2/h3-11,19,23,26H,21H2,1-2H3,(H,22,24);1-2H3;1-2H2. The van der Waals surface area contributed by atoms with E-state index in [1.165, 1.54) is 0 Å². The van der Waals surface area contributed by atoms with Gasteiger partial charge in [0.15, 0.2) is 5.13 Å². The van der Waals surface area contributed by atoms with Crippen molar-refractivity contribution in [2.24, 2.45) is 0 Å². The highest BCUT2D eigenvalue weighted by Crippen LogP contribution is 2.43. The molecule has 3 aromatic rings. The lowest BCUT2D eigenvalue weighted by Crippen LogP contribution is -2.12. The first kappa shape index (κ1) is 25.2. The molecule has 0 fully saturated rings. The molecule has 2 aromatic carbocycles. The summed E-state index contributed by atoms with van der Waals surface area (Å²) in [7, 11) is 4.03. The van der Waals surface area contributed by atoms with Gasteiger partial charge in [-0.25, -0.2) is 4.98 Å². The van der Waals surface area contributed by atoms with Gasteiger partial charge in [0.25, 0.3) is 0 Å². The fourth-order valence-electron chi connectivity index (χ4n) is 2.82. The van der Waals surface area contributed by atoms with E-state index in [4.69, 9.17) is 5.73 Å². The van der Waals surface area contributed by atoms with E-state index in [2.05, 4.69) is 51.2 Å². The second kappa shape index (κ2) is 12.1. The van der Waals surface area contributed by atoms with Crippen molar-refractivity contribution < 1.29 is 5.11 Å². The summed E-state index contributed by atoms with van der Waals surface area (Å²) in [5.41, 5.74) is 10.3. The zero-order valence-corrected chi connectivity index (χ0v) is 20.6. The van der Waals surface area contributed by atoms with E-state index in [-0.39, 0.29) is 11.1 Å². The Balaban J connectivity index is 0.000000860. The van der Waals surface area contributed by atoms with E-state index in [0.29, 0.717) is 5.82 Å². The maximum atomic E-state index is 9.45. The number of nitrogens with zero attached hydrogens (tertiary/aromatic N) is 2. The molecule has 0 aliphatic carbocycles. The summed E-state index contributed by atoms with van der Waals surface area (Å²) in [5, 5.41) is 19.1. The molecule has 1 aliphatic rings. The lowest BCUT2D eigenvalue weighted by molar-refractivity contribution is 0.475. The van der Waals surface area contributed by atoms with E-state index in [1.54, 1.807) is 35.2 Å². The van der Waals surface area contributed by atoms with Crippen LogP contribution in [-0.2, 0) is 0 Å². The van der Waals surface area contributed by atoms with Crippen molar-refractivity contribution in [2.45, 2.75) is 19.2 Å². The molecule has 4 rings (SSSR count). The molecule has 0 amide bonds. The highest BCUT2D eigenvalue weighted by molar-refractivity contribution is 8.02. The third kappa shape index (κ3) is 6.21. The SMILES string of the molecule is C=C.CC.CN(C)c1ccc(Nc2nc(N)c(C3NC(c4ccc(O)cc4)=CS3)s2)cc1. The number of aromatic nitrogens is 1. The quantitative estimate of drug-likeness (QED) is 0.322. The monoisotopic (exact) mass is 469 g/mol. The fraction of sp³-hybridized carbons (Fsp3) is 0.208. The summed E-state index contributed by atoms with van der Waals surface area (Å²) in [5.74, 6) is 0.787. The van der Waals surface area contributed by atoms with Gasteiger partial charge in [-0.05, 0) is 59.5 Å². The van der Waals surface area contributed by atoms with E-state index >= 15 is 0 Å². The molecule has 1 aliphatic heterocycles. The Morgan fingerprint density at radius 2 is 1.69 bits per heavy atom. The fourth-order valence-corrected chi connectivity index (χ4v) is 4.88. The predicted octanol–water partition coefficient (Wildman–Crippen LogP) is 6.40. The number of nitrogens with one attached hydrogen (secondary N) is 2. The molecule has 1 aromatic heterocycles. The molecule has 0 spiro atoms. The number of phenolic OH excluding ortho intramolecular Hbond substituents is 1. The van der Waals surface area contributed by atoms with E-state index in [9.17, 15) is 5.11 Å². The molecule has 32 heavy (non-hydrogen) atoms. The van der Waals surface area contributed by atoms with Crippen molar-refractivity contribution in [2.75, 3.05) is 30.0 Å². The number of benzene rings is 2. The second-order valence-corrected chi connectivity index (χ2v) is 8.58. The Morgan fingerprint density at radius 1 is 1.06 bits per heavy atom. The van der Waals surface area contributed by atoms with Crippen molar-refractivity contribution in [3.63, 3.8) is 0 Å². The number of aromatic hydroxyl groups is 1. The Labute approximate surface area is 198 Å². The van der Waals surface area contributed by atoms with Crippen LogP contribution >= 0.6 is 23.1 Å². The third-order valence-electron chi connectivity index (χ3n) is 4.34. The molecule has 170 valence electrons. The average Bonchev–Trinajstić information content (AvgIpc) is 3.44. The lowest BCUT2D eigenvalue weighted by Gasteiger charge is -2.12. The van der Waals surface area contributed by atoms with Crippen LogP contribution in [0.2, 0.25) is 0 Å². The molecule has 5 N–H and O–H groups in total. The van der Waals surface area contributed by atoms with Crippen LogP contribution in [0.5, 0.6) is 5.75 Å². The normalized spacial score (nSPS) is 14.1. The van der Waals surface area contributed by atoms with Gasteiger partial charge in [-0.3, -0.25) is 0 Å².